The van der Waals surface area contributed by atoms with E-state index < -0.39 is 10.1 Å². The Labute approximate surface area is 124 Å². The summed E-state index contributed by atoms with van der Waals surface area (Å²) in [5.74, 6) is 0.511. The van der Waals surface area contributed by atoms with Crippen LogP contribution in [-0.2, 0) is 14.9 Å². The molecule has 2 unspecified atom stereocenters. The molecular weight excluding hydrogens is 288 g/mol. The van der Waals surface area contributed by atoms with E-state index in [-0.39, 0.29) is 27.9 Å². The van der Waals surface area contributed by atoms with E-state index in [1.165, 1.54) is 12.1 Å². The number of benzene rings is 1. The normalized spacial score (nSPS) is 29.3. The topological polar surface area (TPSA) is 71.4 Å². The number of rotatable bonds is 2. The number of hydrogen-bond acceptors (Lipinski definition) is 3. The van der Waals surface area contributed by atoms with Gasteiger partial charge < -0.3 is 0 Å². The van der Waals surface area contributed by atoms with E-state index in [2.05, 4.69) is 13.8 Å². The molecule has 21 heavy (non-hydrogen) atoms. The van der Waals surface area contributed by atoms with Crippen molar-refractivity contribution in [1.29, 1.82) is 0 Å². The average molecular weight is 306 g/mol. The van der Waals surface area contributed by atoms with Gasteiger partial charge in [-0.1, -0.05) is 26.0 Å². The third-order valence-corrected chi connectivity index (χ3v) is 5.84. The number of Topliss-reactive ketones (excluding diaryl/α,β-unsaturated/α-hetero) is 1. The van der Waals surface area contributed by atoms with Crippen molar-refractivity contribution in [3.63, 3.8) is 0 Å². The van der Waals surface area contributed by atoms with Crippen LogP contribution in [0.25, 0.3) is 6.08 Å². The summed E-state index contributed by atoms with van der Waals surface area (Å²) in [6.45, 7) is 4.26. The van der Waals surface area contributed by atoms with E-state index in [0.29, 0.717) is 5.56 Å². The molecule has 5 heteroatoms. The second-order valence-electron chi connectivity index (χ2n) is 6.52. The molecule has 0 amide bonds. The van der Waals surface area contributed by atoms with Gasteiger partial charge in [-0.2, -0.15) is 8.42 Å². The van der Waals surface area contributed by atoms with Crippen molar-refractivity contribution < 1.29 is 17.8 Å². The SMILES string of the molecule is CC1(C)C2CCC1/C(=C/c1cccc(S(=O)(=O)O)c1)C2=O. The lowest BCUT2D eigenvalue weighted by atomic mass is 9.81. The molecule has 2 bridgehead atoms. The number of carbonyl (C=O) groups excluding carboxylic acids is 1. The lowest BCUT2D eigenvalue weighted by molar-refractivity contribution is -0.119. The van der Waals surface area contributed by atoms with Gasteiger partial charge in [0, 0.05) is 5.92 Å². The maximum atomic E-state index is 12.4. The maximum Gasteiger partial charge on any atom is 0.294 e. The van der Waals surface area contributed by atoms with Crippen LogP contribution in [0.1, 0.15) is 32.3 Å². The quantitative estimate of drug-likeness (QED) is 0.673. The fraction of sp³-hybridized carbons (Fsp3) is 0.438. The number of ketones is 1. The molecule has 2 atom stereocenters. The fourth-order valence-electron chi connectivity index (χ4n) is 3.83. The molecule has 0 aromatic heterocycles. The summed E-state index contributed by atoms with van der Waals surface area (Å²) in [6, 6.07) is 6.05. The predicted molar refractivity (Wildman–Crippen MR) is 79.2 cm³/mol. The minimum absolute atomic E-state index is 0.0103. The van der Waals surface area contributed by atoms with Crippen LogP contribution in [0.5, 0.6) is 0 Å². The first kappa shape index (κ1) is 14.5. The van der Waals surface area contributed by atoms with Gasteiger partial charge >= 0.3 is 0 Å². The molecule has 0 spiro atoms. The maximum absolute atomic E-state index is 12.4. The summed E-state index contributed by atoms with van der Waals surface area (Å²) in [5, 5.41) is 0. The van der Waals surface area contributed by atoms with Crippen LogP contribution in [0, 0.1) is 17.3 Å². The van der Waals surface area contributed by atoms with Gasteiger partial charge in [0.25, 0.3) is 10.1 Å². The van der Waals surface area contributed by atoms with Crippen molar-refractivity contribution >= 4 is 22.0 Å². The Morgan fingerprint density at radius 1 is 1.24 bits per heavy atom. The average Bonchev–Trinajstić information content (AvgIpc) is 2.77. The Balaban J connectivity index is 2.03. The second-order valence-corrected chi connectivity index (χ2v) is 7.94. The molecule has 3 rings (SSSR count). The van der Waals surface area contributed by atoms with Crippen LogP contribution >= 0.6 is 0 Å². The summed E-state index contributed by atoms with van der Waals surface area (Å²) in [6.07, 6.45) is 3.73. The van der Waals surface area contributed by atoms with Gasteiger partial charge in [-0.25, -0.2) is 0 Å². The molecule has 1 N–H and O–H groups in total. The summed E-state index contributed by atoms with van der Waals surface area (Å²) in [5.41, 5.74) is 1.42. The summed E-state index contributed by atoms with van der Waals surface area (Å²) in [4.78, 5) is 12.3. The Morgan fingerprint density at radius 3 is 2.48 bits per heavy atom. The fourth-order valence-corrected chi connectivity index (χ4v) is 4.37. The molecule has 4 nitrogen and oxygen atoms in total. The van der Waals surface area contributed by atoms with Crippen LogP contribution < -0.4 is 0 Å². The van der Waals surface area contributed by atoms with Crippen molar-refractivity contribution in [3.8, 4) is 0 Å². The van der Waals surface area contributed by atoms with Crippen molar-refractivity contribution in [1.82, 2.24) is 0 Å². The molecule has 112 valence electrons. The zero-order valence-electron chi connectivity index (χ0n) is 12.0. The van der Waals surface area contributed by atoms with Gasteiger partial charge in [0.05, 0.1) is 4.90 Å². The van der Waals surface area contributed by atoms with E-state index in [4.69, 9.17) is 4.55 Å². The Morgan fingerprint density at radius 2 is 1.90 bits per heavy atom. The van der Waals surface area contributed by atoms with Crippen molar-refractivity contribution in [2.75, 3.05) is 0 Å². The zero-order valence-corrected chi connectivity index (χ0v) is 12.9. The highest BCUT2D eigenvalue weighted by Gasteiger charge is 2.55. The van der Waals surface area contributed by atoms with Crippen molar-refractivity contribution in [2.24, 2.45) is 17.3 Å². The molecule has 0 aliphatic heterocycles. The van der Waals surface area contributed by atoms with Gasteiger partial charge in [-0.05, 0) is 53.5 Å². The van der Waals surface area contributed by atoms with E-state index >= 15 is 0 Å². The lowest BCUT2D eigenvalue weighted by Crippen LogP contribution is -2.19. The first-order chi connectivity index (χ1) is 9.71. The van der Waals surface area contributed by atoms with E-state index in [1.807, 2.05) is 0 Å². The highest BCUT2D eigenvalue weighted by atomic mass is 32.2. The molecule has 0 heterocycles. The molecule has 1 aromatic rings. The van der Waals surface area contributed by atoms with Crippen LogP contribution in [0.3, 0.4) is 0 Å². The largest absolute Gasteiger partial charge is 0.294 e. The number of allylic oxidation sites excluding steroid dienone is 1. The molecule has 0 saturated heterocycles. The Bertz CT molecular complexity index is 743. The summed E-state index contributed by atoms with van der Waals surface area (Å²) in [7, 11) is -4.22. The first-order valence-corrected chi connectivity index (χ1v) is 8.48. The minimum atomic E-state index is -4.22. The Kier molecular flexibility index (Phi) is 3.11. The molecular formula is C16H18O4S. The van der Waals surface area contributed by atoms with Crippen molar-refractivity contribution in [3.05, 3.63) is 35.4 Å². The highest BCUT2D eigenvalue weighted by Crippen LogP contribution is 2.58. The smallest absolute Gasteiger partial charge is 0.294 e. The summed E-state index contributed by atoms with van der Waals surface area (Å²) >= 11 is 0. The van der Waals surface area contributed by atoms with Crippen molar-refractivity contribution in [2.45, 2.75) is 31.6 Å². The monoisotopic (exact) mass is 306 g/mol. The standard InChI is InChI=1S/C16H18O4S/c1-16(2)13-6-7-14(16)15(17)12(13)9-10-4-3-5-11(8-10)21(18,19)20/h3-5,8-9,13-14H,6-7H2,1-2H3,(H,18,19,20)/b12-9-. The summed E-state index contributed by atoms with van der Waals surface area (Å²) < 4.78 is 31.5. The Hall–Kier alpha value is -1.46. The lowest BCUT2D eigenvalue weighted by Gasteiger charge is -2.22. The molecule has 2 aliphatic rings. The molecule has 0 radical (unpaired) electrons. The molecule has 2 saturated carbocycles. The van der Waals surface area contributed by atoms with Gasteiger partial charge in [0.15, 0.2) is 5.78 Å². The van der Waals surface area contributed by atoms with Crippen LogP contribution in [-0.4, -0.2) is 18.8 Å². The van der Waals surface area contributed by atoms with Gasteiger partial charge in [-0.15, -0.1) is 0 Å². The molecule has 1 aromatic carbocycles. The van der Waals surface area contributed by atoms with Crippen LogP contribution in [0.2, 0.25) is 0 Å². The number of hydrogen-bond donors (Lipinski definition) is 1. The number of carbonyl (C=O) groups is 1. The van der Waals surface area contributed by atoms with E-state index in [0.717, 1.165) is 18.4 Å². The van der Waals surface area contributed by atoms with Gasteiger partial charge in [0.2, 0.25) is 0 Å². The van der Waals surface area contributed by atoms with Gasteiger partial charge in [-0.3, -0.25) is 9.35 Å². The van der Waals surface area contributed by atoms with E-state index in [1.54, 1.807) is 18.2 Å². The molecule has 2 fully saturated rings. The third-order valence-electron chi connectivity index (χ3n) is 4.99. The second kappa shape index (κ2) is 4.52. The zero-order chi connectivity index (χ0) is 15.4. The van der Waals surface area contributed by atoms with E-state index in [9.17, 15) is 13.2 Å². The highest BCUT2D eigenvalue weighted by molar-refractivity contribution is 7.85. The molecule has 2 aliphatic carbocycles. The van der Waals surface area contributed by atoms with Gasteiger partial charge in [0.1, 0.15) is 0 Å². The minimum Gasteiger partial charge on any atom is -0.294 e. The third kappa shape index (κ3) is 2.24. The number of fused-ring (bicyclic) bond motifs is 2. The first-order valence-electron chi connectivity index (χ1n) is 7.04. The predicted octanol–water partition coefficient (Wildman–Crippen LogP) is 2.95. The van der Waals surface area contributed by atoms with Crippen LogP contribution in [0.15, 0.2) is 34.7 Å². The van der Waals surface area contributed by atoms with Crippen LogP contribution in [0.4, 0.5) is 0 Å².